The van der Waals surface area contributed by atoms with Gasteiger partial charge < -0.3 is 15.5 Å². The number of hydrogen-bond donors (Lipinski definition) is 2. The number of carbonyl (C=O) groups is 2. The summed E-state index contributed by atoms with van der Waals surface area (Å²) >= 11 is 1.70. The van der Waals surface area contributed by atoms with Crippen LogP contribution >= 0.6 is 11.8 Å². The number of nitrogens with one attached hydrogen (secondary N) is 2. The summed E-state index contributed by atoms with van der Waals surface area (Å²) in [4.78, 5) is 34.2. The van der Waals surface area contributed by atoms with Crippen molar-refractivity contribution in [2.24, 2.45) is 0 Å². The Balaban J connectivity index is 1.40. The maximum absolute atomic E-state index is 12.4. The Morgan fingerprint density at radius 1 is 1.19 bits per heavy atom. The number of amides is 2. The van der Waals surface area contributed by atoms with Crippen LogP contribution < -0.4 is 10.6 Å². The first-order valence-corrected chi connectivity index (χ1v) is 10.7. The molecular weight excluding hydrogens is 350 g/mol. The van der Waals surface area contributed by atoms with Gasteiger partial charge in [0.25, 0.3) is 5.91 Å². The van der Waals surface area contributed by atoms with E-state index in [0.717, 1.165) is 44.5 Å². The zero-order valence-electron chi connectivity index (χ0n) is 15.2. The molecule has 2 atom stereocenters. The third kappa shape index (κ3) is 4.94. The Hall–Kier alpha value is -1.67. The quantitative estimate of drug-likeness (QED) is 0.739. The normalized spacial score (nSPS) is 23.3. The monoisotopic (exact) mass is 377 g/mol. The molecule has 0 bridgehead atoms. The first kappa shape index (κ1) is 19.1. The lowest BCUT2D eigenvalue weighted by Gasteiger charge is -2.42. The van der Waals surface area contributed by atoms with E-state index in [1.165, 1.54) is 6.20 Å². The van der Waals surface area contributed by atoms with Crippen molar-refractivity contribution in [1.82, 2.24) is 25.5 Å². The minimum Gasteiger partial charge on any atom is -0.352 e. The summed E-state index contributed by atoms with van der Waals surface area (Å²) in [6, 6.07) is 1.01. The van der Waals surface area contributed by atoms with Gasteiger partial charge in [0.05, 0.1) is 6.20 Å². The zero-order valence-corrected chi connectivity index (χ0v) is 16.0. The summed E-state index contributed by atoms with van der Waals surface area (Å²) < 4.78 is 0. The highest BCUT2D eigenvalue weighted by Crippen LogP contribution is 2.23. The number of aromatic nitrogens is 2. The summed E-state index contributed by atoms with van der Waals surface area (Å²) in [5.41, 5.74) is 0.408. The second-order valence-electron chi connectivity index (χ2n) is 6.92. The van der Waals surface area contributed by atoms with Crippen molar-refractivity contribution in [3.63, 3.8) is 0 Å². The molecule has 2 amide bonds. The average Bonchev–Trinajstić information content (AvgIpc) is 2.68. The summed E-state index contributed by atoms with van der Waals surface area (Å²) in [6.07, 6.45) is 11.2. The molecule has 2 fully saturated rings. The predicted octanol–water partition coefficient (Wildman–Crippen LogP) is 1.07. The second kappa shape index (κ2) is 9.32. The van der Waals surface area contributed by atoms with E-state index in [2.05, 4.69) is 20.6 Å². The topological polar surface area (TPSA) is 87.2 Å². The van der Waals surface area contributed by atoms with Crippen molar-refractivity contribution in [1.29, 1.82) is 0 Å². The average molecular weight is 378 g/mol. The molecule has 1 saturated heterocycles. The molecule has 2 N–H and O–H groups in total. The summed E-state index contributed by atoms with van der Waals surface area (Å²) in [6.45, 7) is 1.45. The molecule has 1 aromatic heterocycles. The van der Waals surface area contributed by atoms with Gasteiger partial charge in [-0.05, 0) is 31.9 Å². The maximum atomic E-state index is 12.4. The van der Waals surface area contributed by atoms with Gasteiger partial charge in [0.2, 0.25) is 5.91 Å². The first-order chi connectivity index (χ1) is 12.7. The second-order valence-corrected chi connectivity index (χ2v) is 7.91. The number of thioether (sulfide) groups is 1. The molecule has 8 heteroatoms. The first-order valence-electron chi connectivity index (χ1n) is 9.27. The number of rotatable bonds is 7. The highest BCUT2D eigenvalue weighted by Gasteiger charge is 2.34. The highest BCUT2D eigenvalue weighted by molar-refractivity contribution is 7.98. The molecule has 26 heavy (non-hydrogen) atoms. The lowest BCUT2D eigenvalue weighted by molar-refractivity contribution is -0.122. The number of nitrogens with zero attached hydrogens (tertiary/aromatic N) is 3. The Morgan fingerprint density at radius 2 is 1.96 bits per heavy atom. The van der Waals surface area contributed by atoms with Crippen LogP contribution in [-0.4, -0.2) is 69.9 Å². The van der Waals surface area contributed by atoms with Crippen LogP contribution in [0.3, 0.4) is 0 Å². The molecule has 0 radical (unpaired) electrons. The van der Waals surface area contributed by atoms with E-state index in [-0.39, 0.29) is 17.9 Å². The van der Waals surface area contributed by atoms with Gasteiger partial charge in [-0.25, -0.2) is 4.98 Å². The lowest BCUT2D eigenvalue weighted by atomic mass is 9.85. The fraction of sp³-hybridized carbons (Fsp3) is 0.667. The highest BCUT2D eigenvalue weighted by atomic mass is 32.2. The molecule has 1 aliphatic carbocycles. The van der Waals surface area contributed by atoms with E-state index < -0.39 is 0 Å². The smallest absolute Gasteiger partial charge is 0.274 e. The molecule has 3 rings (SSSR count). The van der Waals surface area contributed by atoms with Crippen LogP contribution in [0.25, 0.3) is 0 Å². The molecule has 0 spiro atoms. The number of hydrogen-bond acceptors (Lipinski definition) is 6. The van der Waals surface area contributed by atoms with Crippen LogP contribution in [0.1, 0.15) is 42.6 Å². The van der Waals surface area contributed by atoms with Crippen LogP contribution in [-0.2, 0) is 4.79 Å². The number of likely N-dealkylation sites (tertiary alicyclic amines) is 1. The summed E-state index contributed by atoms with van der Waals surface area (Å²) in [7, 11) is 0. The molecule has 0 unspecified atom stereocenters. The van der Waals surface area contributed by atoms with Crippen LogP contribution in [0, 0.1) is 0 Å². The van der Waals surface area contributed by atoms with Gasteiger partial charge in [-0.1, -0.05) is 0 Å². The minimum atomic E-state index is -0.0425. The van der Waals surface area contributed by atoms with Crippen LogP contribution in [0.4, 0.5) is 0 Å². The van der Waals surface area contributed by atoms with Crippen molar-refractivity contribution in [2.75, 3.05) is 25.1 Å². The van der Waals surface area contributed by atoms with Gasteiger partial charge in [-0.2, -0.15) is 11.8 Å². The van der Waals surface area contributed by atoms with Crippen molar-refractivity contribution in [2.45, 2.75) is 50.2 Å². The maximum Gasteiger partial charge on any atom is 0.274 e. The van der Waals surface area contributed by atoms with E-state index in [1.54, 1.807) is 24.2 Å². The molecular formula is C18H27N5O2S. The van der Waals surface area contributed by atoms with E-state index in [4.69, 9.17) is 0 Å². The Bertz CT molecular complexity index is 607. The van der Waals surface area contributed by atoms with Gasteiger partial charge >= 0.3 is 0 Å². The van der Waals surface area contributed by atoms with Crippen molar-refractivity contribution in [3.8, 4) is 0 Å². The fourth-order valence-electron chi connectivity index (χ4n) is 3.47. The predicted molar refractivity (Wildman–Crippen MR) is 102 cm³/mol. The molecule has 1 aromatic rings. The van der Waals surface area contributed by atoms with Crippen molar-refractivity contribution in [3.05, 3.63) is 24.3 Å². The van der Waals surface area contributed by atoms with Crippen LogP contribution in [0.15, 0.2) is 18.6 Å². The van der Waals surface area contributed by atoms with Gasteiger partial charge in [-0.3, -0.25) is 14.6 Å². The molecule has 1 saturated carbocycles. The lowest BCUT2D eigenvalue weighted by Crippen LogP contribution is -2.60. The van der Waals surface area contributed by atoms with Crippen molar-refractivity contribution < 1.29 is 9.59 Å². The van der Waals surface area contributed by atoms with Gasteiger partial charge in [0.1, 0.15) is 5.69 Å². The number of carbonyl (C=O) groups excluding carboxylic acids is 2. The summed E-state index contributed by atoms with van der Waals surface area (Å²) in [5.74, 6) is 0.980. The van der Waals surface area contributed by atoms with E-state index in [9.17, 15) is 9.59 Å². The van der Waals surface area contributed by atoms with Crippen LogP contribution in [0.5, 0.6) is 0 Å². The standard InChI is InChI=1S/C18H27N5O2S/c1-26-11-6-17(24)22-15-3-2-14(15)21-13-4-9-23(10-5-13)18(25)16-12-19-7-8-20-16/h7-8,12-15,21H,2-6,9-11H2,1H3,(H,22,24)/t14-,15+/m0/s1. The summed E-state index contributed by atoms with van der Waals surface area (Å²) in [5, 5.41) is 6.83. The Kier molecular flexibility index (Phi) is 6.85. The molecule has 142 valence electrons. The molecule has 0 aromatic carbocycles. The van der Waals surface area contributed by atoms with Crippen molar-refractivity contribution >= 4 is 23.6 Å². The van der Waals surface area contributed by atoms with Crippen LogP contribution in [0.2, 0.25) is 0 Å². The third-order valence-corrected chi connectivity index (χ3v) is 5.78. The third-order valence-electron chi connectivity index (χ3n) is 5.17. The Morgan fingerprint density at radius 3 is 2.58 bits per heavy atom. The SMILES string of the molecule is CSCCC(=O)N[C@@H]1CC[C@@H]1NC1CCN(C(=O)c2cnccn2)CC1. The molecule has 7 nitrogen and oxygen atoms in total. The largest absolute Gasteiger partial charge is 0.352 e. The number of piperidine rings is 1. The minimum absolute atomic E-state index is 0.0425. The molecule has 2 heterocycles. The van der Waals surface area contributed by atoms with E-state index >= 15 is 0 Å². The fourth-order valence-corrected chi connectivity index (χ4v) is 3.86. The van der Waals surface area contributed by atoms with Gasteiger partial charge in [-0.15, -0.1) is 0 Å². The van der Waals surface area contributed by atoms with Gasteiger partial charge in [0.15, 0.2) is 0 Å². The zero-order chi connectivity index (χ0) is 18.4. The molecule has 2 aliphatic rings. The molecule has 1 aliphatic heterocycles. The van der Waals surface area contributed by atoms with E-state index in [0.29, 0.717) is 24.2 Å². The van der Waals surface area contributed by atoms with E-state index in [1.807, 2.05) is 11.2 Å². The Labute approximate surface area is 158 Å². The van der Waals surface area contributed by atoms with Gasteiger partial charge in [0, 0.05) is 55.8 Å².